The lowest BCUT2D eigenvalue weighted by Crippen LogP contribution is -2.49. The van der Waals surface area contributed by atoms with Crippen molar-refractivity contribution in [2.75, 3.05) is 33.7 Å². The first-order valence-electron chi connectivity index (χ1n) is 3.92. The smallest absolute Gasteiger partial charge is 0.0220 e. The Hall–Kier alpha value is -0.0800. The van der Waals surface area contributed by atoms with E-state index in [1.165, 1.54) is 19.6 Å². The average molecular weight is 141 g/mol. The molecule has 0 bridgehead atoms. The van der Waals surface area contributed by atoms with Gasteiger partial charge in [0.1, 0.15) is 0 Å². The van der Waals surface area contributed by atoms with Gasteiger partial charge in [0, 0.05) is 25.7 Å². The zero-order chi connectivity index (χ0) is 7.56. The first-order valence-corrected chi connectivity index (χ1v) is 3.92. The first kappa shape index (κ1) is 8.02. The van der Waals surface area contributed by atoms with Crippen molar-refractivity contribution < 1.29 is 0 Å². The van der Waals surface area contributed by atoms with E-state index in [0.29, 0.717) is 6.04 Å². The van der Waals surface area contributed by atoms with Crippen molar-refractivity contribution in [3.63, 3.8) is 0 Å². The van der Waals surface area contributed by atoms with Crippen LogP contribution in [0.25, 0.3) is 0 Å². The van der Waals surface area contributed by atoms with Crippen LogP contribution in [-0.2, 0) is 0 Å². The predicted octanol–water partition coefficient (Wildman–Crippen LogP) is 0.456. The second-order valence-corrected chi connectivity index (χ2v) is 3.19. The monoisotopic (exact) mass is 141 g/mol. The number of likely N-dealkylation sites (N-methyl/N-ethyl adjacent to an activating group) is 2. The topological polar surface area (TPSA) is 6.48 Å². The zero-order valence-electron chi connectivity index (χ0n) is 7.01. The van der Waals surface area contributed by atoms with Crippen LogP contribution < -0.4 is 0 Å². The highest BCUT2D eigenvalue weighted by molar-refractivity contribution is 4.78. The van der Waals surface area contributed by atoms with Crippen molar-refractivity contribution >= 4 is 0 Å². The number of hydrogen-bond acceptors (Lipinski definition) is 2. The fourth-order valence-corrected chi connectivity index (χ4v) is 1.41. The predicted molar refractivity (Wildman–Crippen MR) is 43.9 cm³/mol. The molecule has 0 aliphatic carbocycles. The summed E-state index contributed by atoms with van der Waals surface area (Å²) in [5, 5.41) is 0. The molecule has 0 aromatic heterocycles. The van der Waals surface area contributed by atoms with Crippen molar-refractivity contribution in [2.45, 2.75) is 12.5 Å². The molecule has 0 aromatic rings. The lowest BCUT2D eigenvalue weighted by atomic mass is 10.1. The van der Waals surface area contributed by atoms with Crippen LogP contribution in [0.2, 0.25) is 0 Å². The quantitative estimate of drug-likeness (QED) is 0.523. The second kappa shape index (κ2) is 3.35. The van der Waals surface area contributed by atoms with Gasteiger partial charge in [0.05, 0.1) is 0 Å². The van der Waals surface area contributed by atoms with Gasteiger partial charge in [-0.25, -0.2) is 0 Å². The Bertz CT molecular complexity index is 103. The highest BCUT2D eigenvalue weighted by Gasteiger charge is 2.19. The Balaban J connectivity index is 2.38. The van der Waals surface area contributed by atoms with E-state index in [1.54, 1.807) is 0 Å². The summed E-state index contributed by atoms with van der Waals surface area (Å²) in [4.78, 5) is 4.77. The van der Waals surface area contributed by atoms with Crippen molar-refractivity contribution in [1.29, 1.82) is 0 Å². The van der Waals surface area contributed by atoms with Gasteiger partial charge in [-0.15, -0.1) is 0 Å². The normalized spacial score (nSPS) is 30.9. The molecular formula is C8H17N2. The van der Waals surface area contributed by atoms with Crippen LogP contribution >= 0.6 is 0 Å². The van der Waals surface area contributed by atoms with E-state index in [9.17, 15) is 0 Å². The third kappa shape index (κ3) is 1.70. The lowest BCUT2D eigenvalue weighted by Gasteiger charge is -2.37. The minimum atomic E-state index is 0.679. The van der Waals surface area contributed by atoms with E-state index in [1.807, 2.05) is 0 Å². The van der Waals surface area contributed by atoms with Crippen LogP contribution in [0.15, 0.2) is 0 Å². The van der Waals surface area contributed by atoms with E-state index in [4.69, 9.17) is 0 Å². The van der Waals surface area contributed by atoms with Crippen LogP contribution in [-0.4, -0.2) is 49.6 Å². The molecule has 0 spiro atoms. The lowest BCUT2D eigenvalue weighted by molar-refractivity contribution is 0.116. The third-order valence-corrected chi connectivity index (χ3v) is 2.31. The van der Waals surface area contributed by atoms with Gasteiger partial charge in [-0.05, 0) is 20.5 Å². The van der Waals surface area contributed by atoms with Gasteiger partial charge in [0.2, 0.25) is 0 Å². The number of hydrogen-bond donors (Lipinski definition) is 0. The summed E-state index contributed by atoms with van der Waals surface area (Å²) in [6.07, 6.45) is 1.03. The summed E-state index contributed by atoms with van der Waals surface area (Å²) in [5.74, 6) is 0. The van der Waals surface area contributed by atoms with Gasteiger partial charge >= 0.3 is 0 Å². The fourth-order valence-electron chi connectivity index (χ4n) is 1.41. The summed E-state index contributed by atoms with van der Waals surface area (Å²) in [7, 11) is 4.36. The fraction of sp³-hybridized carbons (Fsp3) is 0.875. The number of rotatable bonds is 1. The van der Waals surface area contributed by atoms with Crippen molar-refractivity contribution in [2.24, 2.45) is 0 Å². The van der Waals surface area contributed by atoms with Crippen LogP contribution in [0.1, 0.15) is 6.42 Å². The Morgan fingerprint density at radius 1 is 1.40 bits per heavy atom. The largest absolute Gasteiger partial charge is 0.304 e. The van der Waals surface area contributed by atoms with Gasteiger partial charge < -0.3 is 9.80 Å². The molecule has 1 saturated heterocycles. The minimum absolute atomic E-state index is 0.679. The molecule has 10 heavy (non-hydrogen) atoms. The summed E-state index contributed by atoms with van der Waals surface area (Å²) in [6, 6.07) is 0.679. The van der Waals surface area contributed by atoms with E-state index >= 15 is 0 Å². The second-order valence-electron chi connectivity index (χ2n) is 3.19. The molecule has 0 saturated carbocycles. The molecule has 0 N–H and O–H groups in total. The molecule has 1 rings (SSSR count). The Morgan fingerprint density at radius 2 is 2.10 bits per heavy atom. The van der Waals surface area contributed by atoms with Crippen molar-refractivity contribution in [3.8, 4) is 0 Å². The molecular weight excluding hydrogens is 124 g/mol. The molecule has 1 aliphatic rings. The van der Waals surface area contributed by atoms with Crippen LogP contribution in [0, 0.1) is 6.92 Å². The zero-order valence-corrected chi connectivity index (χ0v) is 7.01. The summed E-state index contributed by atoms with van der Waals surface area (Å²) < 4.78 is 0. The van der Waals surface area contributed by atoms with E-state index in [-0.39, 0.29) is 0 Å². The minimum Gasteiger partial charge on any atom is -0.304 e. The highest BCUT2D eigenvalue weighted by Crippen LogP contribution is 2.07. The molecule has 2 nitrogen and oxygen atoms in total. The van der Waals surface area contributed by atoms with Crippen molar-refractivity contribution in [1.82, 2.24) is 9.80 Å². The van der Waals surface area contributed by atoms with Crippen molar-refractivity contribution in [3.05, 3.63) is 6.92 Å². The molecule has 0 aromatic carbocycles. The third-order valence-electron chi connectivity index (χ3n) is 2.31. The molecule has 1 radical (unpaired) electrons. The molecule has 2 heteroatoms. The van der Waals surface area contributed by atoms with Crippen LogP contribution in [0.3, 0.4) is 0 Å². The van der Waals surface area contributed by atoms with Gasteiger partial charge in [-0.3, -0.25) is 0 Å². The molecule has 59 valence electrons. The summed E-state index contributed by atoms with van der Waals surface area (Å²) in [6.45, 7) is 7.50. The van der Waals surface area contributed by atoms with Crippen LogP contribution in [0.4, 0.5) is 0 Å². The molecule has 1 unspecified atom stereocenters. The van der Waals surface area contributed by atoms with Gasteiger partial charge in [0.15, 0.2) is 0 Å². The Labute approximate surface area is 63.8 Å². The molecule has 1 heterocycles. The average Bonchev–Trinajstić information content (AvgIpc) is 1.94. The SMILES string of the molecule is [CH2]CC1CN(C)CCN1C. The maximum absolute atomic E-state index is 3.93. The maximum Gasteiger partial charge on any atom is 0.0220 e. The van der Waals surface area contributed by atoms with Gasteiger partial charge in [-0.2, -0.15) is 0 Å². The molecule has 1 aliphatic heterocycles. The van der Waals surface area contributed by atoms with Gasteiger partial charge in [0.25, 0.3) is 0 Å². The maximum atomic E-state index is 3.93. The standard InChI is InChI=1S/C8H17N2/c1-4-8-7-9(2)5-6-10(8)3/h8H,1,4-7H2,2-3H3. The number of nitrogens with zero attached hydrogens (tertiary/aromatic N) is 2. The van der Waals surface area contributed by atoms with Gasteiger partial charge in [-0.1, -0.05) is 6.92 Å². The van der Waals surface area contributed by atoms with E-state index in [0.717, 1.165) is 6.42 Å². The van der Waals surface area contributed by atoms with E-state index in [2.05, 4.69) is 30.8 Å². The van der Waals surface area contributed by atoms with Crippen LogP contribution in [0.5, 0.6) is 0 Å². The Morgan fingerprint density at radius 3 is 2.60 bits per heavy atom. The highest BCUT2D eigenvalue weighted by atomic mass is 15.3. The summed E-state index contributed by atoms with van der Waals surface area (Å²) in [5.41, 5.74) is 0. The first-order chi connectivity index (χ1) is 4.74. The molecule has 1 atom stereocenters. The van der Waals surface area contributed by atoms with E-state index < -0.39 is 0 Å². The summed E-state index contributed by atoms with van der Waals surface area (Å²) >= 11 is 0. The molecule has 1 fully saturated rings. The number of piperazine rings is 1. The molecule has 0 amide bonds. The Kier molecular flexibility index (Phi) is 2.69.